The number of nitrogens with zero attached hydrogens (tertiary/aromatic N) is 1. The Hall–Kier alpha value is -0.870. The number of amides is 1. The Morgan fingerprint density at radius 1 is 1.59 bits per heavy atom. The summed E-state index contributed by atoms with van der Waals surface area (Å²) in [4.78, 5) is 15.5. The Labute approximate surface area is 107 Å². The molecule has 0 unspecified atom stereocenters. The molecule has 1 heterocycles. The van der Waals surface area contributed by atoms with Crippen LogP contribution in [0.2, 0.25) is 0 Å². The Kier molecular flexibility index (Phi) is 3.84. The van der Waals surface area contributed by atoms with Crippen LogP contribution in [0, 0.1) is 5.41 Å². The molecule has 0 atom stereocenters. The van der Waals surface area contributed by atoms with Crippen LogP contribution in [-0.4, -0.2) is 30.9 Å². The van der Waals surface area contributed by atoms with Crippen molar-refractivity contribution in [3.05, 3.63) is 22.4 Å². The Morgan fingerprint density at radius 2 is 2.35 bits per heavy atom. The van der Waals surface area contributed by atoms with Gasteiger partial charge < -0.3 is 10.6 Å². The quantitative estimate of drug-likeness (QED) is 0.869. The van der Waals surface area contributed by atoms with Crippen LogP contribution in [0.25, 0.3) is 0 Å². The molecule has 94 valence electrons. The van der Waals surface area contributed by atoms with E-state index in [-0.39, 0.29) is 11.3 Å². The number of rotatable bonds is 5. The molecule has 1 saturated carbocycles. The molecule has 2 rings (SSSR count). The molecule has 17 heavy (non-hydrogen) atoms. The van der Waals surface area contributed by atoms with Gasteiger partial charge in [0.25, 0.3) is 0 Å². The zero-order valence-corrected chi connectivity index (χ0v) is 11.1. The van der Waals surface area contributed by atoms with Crippen LogP contribution in [0.15, 0.2) is 17.5 Å². The second-order valence-electron chi connectivity index (χ2n) is 4.89. The average molecular weight is 252 g/mol. The minimum absolute atomic E-state index is 0.232. The summed E-state index contributed by atoms with van der Waals surface area (Å²) in [6.07, 6.45) is 4.01. The van der Waals surface area contributed by atoms with Crippen LogP contribution in [0.5, 0.6) is 0 Å². The maximum Gasteiger partial charge on any atom is 0.229 e. The Bertz CT molecular complexity index is 365. The van der Waals surface area contributed by atoms with Crippen molar-refractivity contribution in [1.82, 2.24) is 4.90 Å². The third-order valence-electron chi connectivity index (χ3n) is 3.78. The lowest BCUT2D eigenvalue weighted by molar-refractivity contribution is -0.145. The molecule has 1 aromatic rings. The first kappa shape index (κ1) is 12.6. The third kappa shape index (κ3) is 2.53. The number of nitrogens with two attached hydrogens (primary N) is 1. The Balaban J connectivity index is 1.87. The van der Waals surface area contributed by atoms with E-state index in [0.717, 1.165) is 32.2 Å². The van der Waals surface area contributed by atoms with Crippen LogP contribution in [-0.2, 0) is 11.2 Å². The van der Waals surface area contributed by atoms with Crippen LogP contribution in [0.3, 0.4) is 0 Å². The minimum Gasteiger partial charge on any atom is -0.345 e. The van der Waals surface area contributed by atoms with E-state index in [1.165, 1.54) is 4.88 Å². The van der Waals surface area contributed by atoms with E-state index >= 15 is 0 Å². The molecule has 0 spiro atoms. The van der Waals surface area contributed by atoms with E-state index < -0.39 is 0 Å². The van der Waals surface area contributed by atoms with Gasteiger partial charge in [-0.2, -0.15) is 0 Å². The largest absolute Gasteiger partial charge is 0.345 e. The van der Waals surface area contributed by atoms with Crippen molar-refractivity contribution in [2.24, 2.45) is 11.1 Å². The van der Waals surface area contributed by atoms with E-state index in [2.05, 4.69) is 17.5 Å². The summed E-state index contributed by atoms with van der Waals surface area (Å²) in [5, 5.41) is 2.07. The van der Waals surface area contributed by atoms with Crippen LogP contribution < -0.4 is 5.73 Å². The first-order chi connectivity index (χ1) is 8.18. The van der Waals surface area contributed by atoms with E-state index in [1.54, 1.807) is 11.3 Å². The molecular weight excluding hydrogens is 232 g/mol. The predicted molar refractivity (Wildman–Crippen MR) is 71.0 cm³/mol. The van der Waals surface area contributed by atoms with Crippen molar-refractivity contribution in [2.75, 3.05) is 20.1 Å². The van der Waals surface area contributed by atoms with Gasteiger partial charge in [0.15, 0.2) is 0 Å². The standard InChI is InChI=1S/C13H20N2OS/c1-15(8-5-11-4-2-9-17-11)12(16)13(10-14)6-3-7-13/h2,4,9H,3,5-8,10,14H2,1H3. The molecule has 1 aromatic heterocycles. The van der Waals surface area contributed by atoms with E-state index in [1.807, 2.05) is 11.9 Å². The summed E-state index contributed by atoms with van der Waals surface area (Å²) in [7, 11) is 1.89. The maximum absolute atomic E-state index is 12.3. The van der Waals surface area contributed by atoms with Crippen molar-refractivity contribution in [3.8, 4) is 0 Å². The fourth-order valence-corrected chi connectivity index (χ4v) is 3.05. The molecule has 0 aliphatic heterocycles. The molecule has 1 fully saturated rings. The normalized spacial score (nSPS) is 17.5. The summed E-state index contributed by atoms with van der Waals surface area (Å²) in [5.74, 6) is 0.239. The fraction of sp³-hybridized carbons (Fsp3) is 0.615. The number of likely N-dealkylation sites (N-methyl/N-ethyl adjacent to an activating group) is 1. The van der Waals surface area contributed by atoms with Crippen molar-refractivity contribution in [3.63, 3.8) is 0 Å². The fourth-order valence-electron chi connectivity index (χ4n) is 2.35. The SMILES string of the molecule is CN(CCc1cccs1)C(=O)C1(CN)CCC1. The van der Waals surface area contributed by atoms with Gasteiger partial charge in [-0.15, -0.1) is 11.3 Å². The highest BCUT2D eigenvalue weighted by Crippen LogP contribution is 2.41. The summed E-state index contributed by atoms with van der Waals surface area (Å²) < 4.78 is 0. The molecule has 0 radical (unpaired) electrons. The van der Waals surface area contributed by atoms with Gasteiger partial charge in [-0.05, 0) is 30.7 Å². The second-order valence-corrected chi connectivity index (χ2v) is 5.93. The Morgan fingerprint density at radius 3 is 2.82 bits per heavy atom. The third-order valence-corrected chi connectivity index (χ3v) is 4.71. The summed E-state index contributed by atoms with van der Waals surface area (Å²) in [6.45, 7) is 1.29. The number of hydrogen-bond acceptors (Lipinski definition) is 3. The first-order valence-corrected chi connectivity index (χ1v) is 7.04. The number of carbonyl (C=O) groups excluding carboxylic acids is 1. The van der Waals surface area contributed by atoms with Gasteiger partial charge in [-0.3, -0.25) is 4.79 Å². The highest BCUT2D eigenvalue weighted by molar-refractivity contribution is 7.09. The molecule has 4 heteroatoms. The molecule has 1 aliphatic rings. The molecule has 2 N–H and O–H groups in total. The van der Waals surface area contributed by atoms with Crippen LogP contribution >= 0.6 is 11.3 Å². The van der Waals surface area contributed by atoms with E-state index in [9.17, 15) is 4.79 Å². The smallest absolute Gasteiger partial charge is 0.229 e. The van der Waals surface area contributed by atoms with Crippen LogP contribution in [0.4, 0.5) is 0 Å². The molecule has 0 aromatic carbocycles. The highest BCUT2D eigenvalue weighted by atomic mass is 32.1. The van der Waals surface area contributed by atoms with Gasteiger partial charge in [0, 0.05) is 25.0 Å². The molecule has 0 bridgehead atoms. The predicted octanol–water partition coefficient (Wildman–Crippen LogP) is 1.88. The first-order valence-electron chi connectivity index (χ1n) is 6.16. The summed E-state index contributed by atoms with van der Waals surface area (Å²) in [5.41, 5.74) is 5.52. The summed E-state index contributed by atoms with van der Waals surface area (Å²) >= 11 is 1.75. The van der Waals surface area contributed by atoms with Crippen molar-refractivity contribution < 1.29 is 4.79 Å². The van der Waals surface area contributed by atoms with Crippen molar-refractivity contribution in [2.45, 2.75) is 25.7 Å². The maximum atomic E-state index is 12.3. The molecule has 0 saturated heterocycles. The average Bonchev–Trinajstić information content (AvgIpc) is 2.77. The topological polar surface area (TPSA) is 46.3 Å². The second kappa shape index (κ2) is 5.19. The van der Waals surface area contributed by atoms with Gasteiger partial charge in [-0.1, -0.05) is 12.5 Å². The monoisotopic (exact) mass is 252 g/mol. The van der Waals surface area contributed by atoms with Crippen molar-refractivity contribution in [1.29, 1.82) is 0 Å². The van der Waals surface area contributed by atoms with Gasteiger partial charge >= 0.3 is 0 Å². The zero-order chi connectivity index (χ0) is 12.3. The van der Waals surface area contributed by atoms with E-state index in [0.29, 0.717) is 6.54 Å². The van der Waals surface area contributed by atoms with Gasteiger partial charge in [0.05, 0.1) is 5.41 Å². The van der Waals surface area contributed by atoms with Gasteiger partial charge in [0.2, 0.25) is 5.91 Å². The molecule has 1 aliphatic carbocycles. The lowest BCUT2D eigenvalue weighted by Crippen LogP contribution is -2.51. The van der Waals surface area contributed by atoms with Gasteiger partial charge in [0.1, 0.15) is 0 Å². The number of hydrogen-bond donors (Lipinski definition) is 1. The lowest BCUT2D eigenvalue weighted by atomic mass is 9.68. The lowest BCUT2D eigenvalue weighted by Gasteiger charge is -2.41. The van der Waals surface area contributed by atoms with E-state index in [4.69, 9.17) is 5.73 Å². The molecule has 1 amide bonds. The van der Waals surface area contributed by atoms with Crippen LogP contribution in [0.1, 0.15) is 24.1 Å². The van der Waals surface area contributed by atoms with Crippen molar-refractivity contribution >= 4 is 17.2 Å². The minimum atomic E-state index is -0.232. The highest BCUT2D eigenvalue weighted by Gasteiger charge is 2.44. The molecular formula is C13H20N2OS. The summed E-state index contributed by atoms with van der Waals surface area (Å²) in [6, 6.07) is 4.17. The zero-order valence-electron chi connectivity index (χ0n) is 10.3. The number of carbonyl (C=O) groups is 1. The van der Waals surface area contributed by atoms with Gasteiger partial charge in [-0.25, -0.2) is 0 Å². The number of thiophene rings is 1. The molecule has 3 nitrogen and oxygen atoms in total.